The fourth-order valence-electron chi connectivity index (χ4n) is 1.64. The van der Waals surface area contributed by atoms with Crippen LogP contribution in [0.5, 0.6) is 0 Å². The molecule has 0 aliphatic heterocycles. The van der Waals surface area contributed by atoms with Crippen molar-refractivity contribution in [1.82, 2.24) is 0 Å². The first-order valence-electron chi connectivity index (χ1n) is 5.25. The van der Waals surface area contributed by atoms with Crippen molar-refractivity contribution in [1.29, 1.82) is 0 Å². The summed E-state index contributed by atoms with van der Waals surface area (Å²) in [6, 6.07) is 6.47. The maximum absolute atomic E-state index is 13.5. The molecule has 0 aliphatic carbocycles. The van der Waals surface area contributed by atoms with Crippen LogP contribution in [0.4, 0.5) is 30.2 Å². The Morgan fingerprint density at radius 1 is 1.11 bits per heavy atom. The van der Waals surface area contributed by atoms with Gasteiger partial charge in [0.1, 0.15) is 5.82 Å². The Morgan fingerprint density at radius 2 is 1.83 bits per heavy atom. The third-order valence-electron chi connectivity index (χ3n) is 2.56. The third-order valence-corrected chi connectivity index (χ3v) is 2.56. The lowest BCUT2D eigenvalue weighted by molar-refractivity contribution is 0.498. The summed E-state index contributed by atoms with van der Waals surface area (Å²) < 4.78 is 39.6. The quantitative estimate of drug-likeness (QED) is 0.631. The molecule has 0 amide bonds. The van der Waals surface area contributed by atoms with Crippen molar-refractivity contribution < 1.29 is 13.2 Å². The normalized spacial score (nSPS) is 10.4. The SMILES string of the molecule is Cc1cccc(N)c1Nc1cc(F)cc(F)c1F. The minimum Gasteiger partial charge on any atom is -0.397 e. The van der Waals surface area contributed by atoms with E-state index in [2.05, 4.69) is 5.32 Å². The van der Waals surface area contributed by atoms with Crippen LogP contribution in [0, 0.1) is 24.4 Å². The molecule has 0 radical (unpaired) electrons. The summed E-state index contributed by atoms with van der Waals surface area (Å²) in [6.07, 6.45) is 0. The molecule has 3 N–H and O–H groups in total. The lowest BCUT2D eigenvalue weighted by Gasteiger charge is -2.13. The maximum atomic E-state index is 13.5. The maximum Gasteiger partial charge on any atom is 0.182 e. The Labute approximate surface area is 102 Å². The van der Waals surface area contributed by atoms with Gasteiger partial charge in [0.2, 0.25) is 0 Å². The van der Waals surface area contributed by atoms with E-state index in [1.165, 1.54) is 0 Å². The van der Waals surface area contributed by atoms with Gasteiger partial charge in [-0.1, -0.05) is 12.1 Å². The second-order valence-electron chi connectivity index (χ2n) is 3.91. The largest absolute Gasteiger partial charge is 0.397 e. The summed E-state index contributed by atoms with van der Waals surface area (Å²) in [5, 5.41) is 2.61. The van der Waals surface area contributed by atoms with E-state index in [0.29, 0.717) is 17.4 Å². The Kier molecular flexibility index (Phi) is 3.14. The van der Waals surface area contributed by atoms with Crippen LogP contribution in [0.15, 0.2) is 30.3 Å². The van der Waals surface area contributed by atoms with Crippen molar-refractivity contribution >= 4 is 17.1 Å². The lowest BCUT2D eigenvalue weighted by atomic mass is 10.1. The van der Waals surface area contributed by atoms with Gasteiger partial charge in [0.25, 0.3) is 0 Å². The van der Waals surface area contributed by atoms with Crippen LogP contribution < -0.4 is 11.1 Å². The molecule has 2 aromatic rings. The standard InChI is InChI=1S/C13H11F3N2/c1-7-3-2-4-10(17)13(7)18-11-6-8(14)5-9(15)12(11)16/h2-6,18H,17H2,1H3. The predicted molar refractivity (Wildman–Crippen MR) is 65.2 cm³/mol. The molecule has 0 aliphatic rings. The van der Waals surface area contributed by atoms with Gasteiger partial charge >= 0.3 is 0 Å². The van der Waals surface area contributed by atoms with Crippen molar-refractivity contribution in [3.63, 3.8) is 0 Å². The lowest BCUT2D eigenvalue weighted by Crippen LogP contribution is -2.02. The summed E-state index contributed by atoms with van der Waals surface area (Å²) in [5.74, 6) is -3.24. The smallest absolute Gasteiger partial charge is 0.182 e. The highest BCUT2D eigenvalue weighted by molar-refractivity contribution is 5.75. The van der Waals surface area contributed by atoms with Crippen molar-refractivity contribution in [3.8, 4) is 0 Å². The number of nitrogen functional groups attached to an aromatic ring is 1. The fourth-order valence-corrected chi connectivity index (χ4v) is 1.64. The average molecular weight is 252 g/mol. The van der Waals surface area contributed by atoms with Crippen molar-refractivity contribution in [2.75, 3.05) is 11.1 Å². The second kappa shape index (κ2) is 4.60. The molecule has 0 saturated carbocycles. The van der Waals surface area contributed by atoms with E-state index in [9.17, 15) is 13.2 Å². The zero-order chi connectivity index (χ0) is 13.3. The molecule has 0 fully saturated rings. The van der Waals surface area contributed by atoms with Gasteiger partial charge in [0.15, 0.2) is 11.6 Å². The van der Waals surface area contributed by atoms with Crippen LogP contribution in [0.2, 0.25) is 0 Å². The first kappa shape index (κ1) is 12.3. The second-order valence-corrected chi connectivity index (χ2v) is 3.91. The van der Waals surface area contributed by atoms with E-state index in [-0.39, 0.29) is 5.69 Å². The number of rotatable bonds is 2. The molecule has 0 saturated heterocycles. The van der Waals surface area contributed by atoms with E-state index in [1.54, 1.807) is 25.1 Å². The molecule has 2 aromatic carbocycles. The number of benzene rings is 2. The van der Waals surface area contributed by atoms with Crippen LogP contribution in [-0.4, -0.2) is 0 Å². The van der Waals surface area contributed by atoms with Gasteiger partial charge in [-0.25, -0.2) is 13.2 Å². The zero-order valence-corrected chi connectivity index (χ0v) is 9.60. The molecule has 94 valence electrons. The molecule has 0 bridgehead atoms. The summed E-state index contributed by atoms with van der Waals surface area (Å²) in [5.41, 5.74) is 6.99. The minimum atomic E-state index is -1.25. The molecule has 0 aromatic heterocycles. The number of nitrogens with one attached hydrogen (secondary N) is 1. The average Bonchev–Trinajstić information content (AvgIpc) is 2.30. The molecule has 2 rings (SSSR count). The van der Waals surface area contributed by atoms with E-state index < -0.39 is 17.5 Å². The van der Waals surface area contributed by atoms with Crippen LogP contribution in [0.3, 0.4) is 0 Å². The summed E-state index contributed by atoms with van der Waals surface area (Å²) in [6.45, 7) is 1.76. The van der Waals surface area contributed by atoms with E-state index >= 15 is 0 Å². The van der Waals surface area contributed by atoms with Crippen LogP contribution in [-0.2, 0) is 0 Å². The number of para-hydroxylation sites is 1. The molecule has 5 heteroatoms. The number of hydrogen-bond donors (Lipinski definition) is 2. The first-order valence-corrected chi connectivity index (χ1v) is 5.25. The minimum absolute atomic E-state index is 0.284. The van der Waals surface area contributed by atoms with Gasteiger partial charge in [0.05, 0.1) is 17.1 Å². The van der Waals surface area contributed by atoms with Gasteiger partial charge in [0, 0.05) is 12.1 Å². The topological polar surface area (TPSA) is 38.0 Å². The van der Waals surface area contributed by atoms with Crippen molar-refractivity contribution in [3.05, 3.63) is 53.3 Å². The Balaban J connectivity index is 2.46. The van der Waals surface area contributed by atoms with Crippen LogP contribution >= 0.6 is 0 Å². The first-order chi connectivity index (χ1) is 8.49. The van der Waals surface area contributed by atoms with Gasteiger partial charge in [-0.15, -0.1) is 0 Å². The van der Waals surface area contributed by atoms with Crippen LogP contribution in [0.25, 0.3) is 0 Å². The molecule has 18 heavy (non-hydrogen) atoms. The number of anilines is 3. The van der Waals surface area contributed by atoms with Gasteiger partial charge in [-0.05, 0) is 18.6 Å². The van der Waals surface area contributed by atoms with Crippen molar-refractivity contribution in [2.45, 2.75) is 6.92 Å². The molecular weight excluding hydrogens is 241 g/mol. The molecular formula is C13H11F3N2. The molecule has 0 atom stereocenters. The van der Waals surface area contributed by atoms with E-state index in [4.69, 9.17) is 5.73 Å². The highest BCUT2D eigenvalue weighted by atomic mass is 19.2. The summed E-state index contributed by atoms with van der Waals surface area (Å²) >= 11 is 0. The zero-order valence-electron chi connectivity index (χ0n) is 9.60. The van der Waals surface area contributed by atoms with Gasteiger partial charge in [-0.3, -0.25) is 0 Å². The summed E-state index contributed by atoms with van der Waals surface area (Å²) in [4.78, 5) is 0. The monoisotopic (exact) mass is 252 g/mol. The fraction of sp³-hybridized carbons (Fsp3) is 0.0769. The third kappa shape index (κ3) is 2.25. The number of aryl methyl sites for hydroxylation is 1. The Hall–Kier alpha value is -2.17. The number of halogens is 3. The van der Waals surface area contributed by atoms with E-state index in [0.717, 1.165) is 11.6 Å². The van der Waals surface area contributed by atoms with E-state index in [1.807, 2.05) is 0 Å². The number of nitrogens with two attached hydrogens (primary N) is 1. The Bertz CT molecular complexity index is 577. The van der Waals surface area contributed by atoms with Gasteiger partial charge in [-0.2, -0.15) is 0 Å². The molecule has 2 nitrogen and oxygen atoms in total. The highest BCUT2D eigenvalue weighted by Gasteiger charge is 2.13. The highest BCUT2D eigenvalue weighted by Crippen LogP contribution is 2.29. The van der Waals surface area contributed by atoms with Crippen molar-refractivity contribution in [2.24, 2.45) is 0 Å². The summed E-state index contributed by atoms with van der Waals surface area (Å²) in [7, 11) is 0. The molecule has 0 unspecified atom stereocenters. The molecule has 0 heterocycles. The molecule has 0 spiro atoms. The van der Waals surface area contributed by atoms with Crippen LogP contribution in [0.1, 0.15) is 5.56 Å². The predicted octanol–water partition coefficient (Wildman–Crippen LogP) is 3.74. The Morgan fingerprint density at radius 3 is 2.50 bits per heavy atom. The van der Waals surface area contributed by atoms with Gasteiger partial charge < -0.3 is 11.1 Å². The number of hydrogen-bond acceptors (Lipinski definition) is 2.